The fraction of sp³-hybridized carbons (Fsp3) is 1.00. The topological polar surface area (TPSA) is 0 Å². The lowest BCUT2D eigenvalue weighted by atomic mass is 10.1. The van der Waals surface area contributed by atoms with Crippen LogP contribution in [0.1, 0.15) is 101 Å². The van der Waals surface area contributed by atoms with Crippen molar-refractivity contribution in [3.63, 3.8) is 0 Å². The van der Waals surface area contributed by atoms with Gasteiger partial charge in [-0.2, -0.15) is 0 Å². The predicted molar refractivity (Wildman–Crippen MR) is 71.4 cm³/mol. The maximum Gasteiger partial charge on any atom is 0.0230 e. The number of unbranched alkanes of at least 4 members (excludes halogenated alkanes) is 11. The molecule has 0 rings (SSSR count). The minimum Gasteiger partial charge on any atom is -0.0654 e. The molecule has 0 N–H and O–H groups in total. The van der Waals surface area contributed by atoms with Crippen LogP contribution in [0, 0.1) is 0 Å². The van der Waals surface area contributed by atoms with Crippen molar-refractivity contribution in [1.29, 1.82) is 0 Å². The summed E-state index contributed by atoms with van der Waals surface area (Å²) in [7, 11) is 0. The number of hydrogen-bond acceptors (Lipinski definition) is 0. The van der Waals surface area contributed by atoms with Gasteiger partial charge in [-0.3, -0.25) is 0 Å². The van der Waals surface area contributed by atoms with Crippen molar-refractivity contribution in [2.24, 2.45) is 0 Å². The zero-order valence-corrected chi connectivity index (χ0v) is 10.7. The van der Waals surface area contributed by atoms with Gasteiger partial charge in [0, 0.05) is 4.11 Å². The smallest absolute Gasteiger partial charge is 0.0230 e. The molecule has 0 aromatic carbocycles. The fourth-order valence-corrected chi connectivity index (χ4v) is 1.97. The van der Waals surface area contributed by atoms with Crippen LogP contribution in [-0.4, -0.2) is 0 Å². The molecule has 0 unspecified atom stereocenters. The van der Waals surface area contributed by atoms with Crippen LogP contribution in [0.2, 0.25) is 0 Å². The van der Waals surface area contributed by atoms with Crippen LogP contribution in [0.25, 0.3) is 0 Å². The van der Waals surface area contributed by atoms with Crippen LogP contribution in [0.5, 0.6) is 0 Å². The van der Waals surface area contributed by atoms with Crippen molar-refractivity contribution in [3.8, 4) is 0 Å². The number of rotatable bonds is 12. The molecule has 0 spiro atoms. The van der Waals surface area contributed by atoms with E-state index in [2.05, 4.69) is 6.92 Å². The highest BCUT2D eigenvalue weighted by Crippen LogP contribution is 2.12. The molecule has 0 heterocycles. The second-order valence-corrected chi connectivity index (χ2v) is 4.64. The minimum atomic E-state index is -1.71. The molecule has 0 heteroatoms. The Morgan fingerprint density at radius 3 is 1.20 bits per heavy atom. The summed E-state index contributed by atoms with van der Waals surface area (Å²) in [6.45, 7) is 0.546. The molecule has 0 fully saturated rings. The summed E-state index contributed by atoms with van der Waals surface area (Å²) in [5, 5.41) is 0. The normalized spacial score (nSPS) is 14.6. The molecular weight excluding hydrogens is 180 g/mol. The molecule has 0 atom stereocenters. The van der Waals surface area contributed by atoms with E-state index < -0.39 is 6.85 Å². The Morgan fingerprint density at radius 1 is 0.533 bits per heavy atom. The molecule has 15 heavy (non-hydrogen) atoms. The molecule has 0 aliphatic rings. The Morgan fingerprint density at radius 2 is 0.867 bits per heavy atom. The average Bonchev–Trinajstić information content (AvgIpc) is 2.29. The largest absolute Gasteiger partial charge is 0.0654 e. The van der Waals surface area contributed by atoms with Gasteiger partial charge in [0.15, 0.2) is 0 Å². The van der Waals surface area contributed by atoms with Crippen molar-refractivity contribution in [2.75, 3.05) is 0 Å². The Bertz CT molecular complexity index is 164. The molecule has 0 radical (unpaired) electrons. The van der Waals surface area contributed by atoms with Gasteiger partial charge in [0.05, 0.1) is 0 Å². The highest BCUT2D eigenvalue weighted by atomic mass is 14.0. The Balaban J connectivity index is 2.99. The third kappa shape index (κ3) is 14.0. The molecule has 0 saturated heterocycles. The highest BCUT2D eigenvalue weighted by molar-refractivity contribution is 4.47. The van der Waals surface area contributed by atoms with Gasteiger partial charge in [-0.05, 0) is 0 Å². The van der Waals surface area contributed by atoms with Crippen molar-refractivity contribution in [3.05, 3.63) is 0 Å². The van der Waals surface area contributed by atoms with Gasteiger partial charge in [-0.1, -0.05) is 97.2 Å². The summed E-state index contributed by atoms with van der Waals surface area (Å²) in [6.07, 6.45) is 15.9. The van der Waals surface area contributed by atoms with Crippen molar-refractivity contribution in [2.45, 2.75) is 97.2 Å². The zero-order chi connectivity index (χ0) is 13.7. The molecular formula is C15H32. The molecule has 92 valence electrons. The van der Waals surface area contributed by atoms with Gasteiger partial charge < -0.3 is 0 Å². The van der Waals surface area contributed by atoms with Crippen LogP contribution in [0.4, 0.5) is 0 Å². The lowest BCUT2D eigenvalue weighted by Crippen LogP contribution is -1.82. The molecule has 0 nitrogen and oxygen atoms in total. The lowest BCUT2D eigenvalue weighted by molar-refractivity contribution is 0.542. The van der Waals surface area contributed by atoms with Crippen LogP contribution >= 0.6 is 0 Å². The van der Waals surface area contributed by atoms with Gasteiger partial charge >= 0.3 is 0 Å². The molecule has 0 aromatic heterocycles. The molecule has 0 saturated carbocycles. The first kappa shape index (κ1) is 10.2. The van der Waals surface area contributed by atoms with Gasteiger partial charge in [-0.15, -0.1) is 0 Å². The van der Waals surface area contributed by atoms with E-state index in [0.717, 1.165) is 12.8 Å². The van der Waals surface area contributed by atoms with E-state index in [9.17, 15) is 0 Å². The first-order valence-corrected chi connectivity index (χ1v) is 7.06. The van der Waals surface area contributed by atoms with E-state index in [0.29, 0.717) is 6.42 Å². The molecule has 0 aliphatic heterocycles. The van der Waals surface area contributed by atoms with Crippen LogP contribution in [0.15, 0.2) is 0 Å². The second-order valence-electron chi connectivity index (χ2n) is 4.64. The van der Waals surface area contributed by atoms with E-state index >= 15 is 0 Å². The van der Waals surface area contributed by atoms with E-state index in [-0.39, 0.29) is 0 Å². The maximum atomic E-state index is 7.11. The quantitative estimate of drug-likeness (QED) is 0.345. The first-order chi connectivity index (χ1) is 8.56. The van der Waals surface area contributed by atoms with E-state index in [4.69, 9.17) is 4.11 Å². The van der Waals surface area contributed by atoms with Crippen molar-refractivity contribution < 1.29 is 4.11 Å². The summed E-state index contributed by atoms with van der Waals surface area (Å²) in [6, 6.07) is 0. The SMILES string of the molecule is [2H]C([2H])([2H])CCCCCCCCCCCCCC. The standard InChI is InChI=1S/C15H32/c1-3-5-7-9-11-13-15-14-12-10-8-6-4-2/h3-15H2,1-2H3/i1D3. The summed E-state index contributed by atoms with van der Waals surface area (Å²) in [5.74, 6) is 0. The summed E-state index contributed by atoms with van der Waals surface area (Å²) in [5.41, 5.74) is 0. The summed E-state index contributed by atoms with van der Waals surface area (Å²) >= 11 is 0. The van der Waals surface area contributed by atoms with E-state index in [1.165, 1.54) is 64.2 Å². The predicted octanol–water partition coefficient (Wildman–Crippen LogP) is 6.10. The van der Waals surface area contributed by atoms with Crippen LogP contribution < -0.4 is 0 Å². The lowest BCUT2D eigenvalue weighted by Gasteiger charge is -2.01. The van der Waals surface area contributed by atoms with Crippen LogP contribution in [0.3, 0.4) is 0 Å². The van der Waals surface area contributed by atoms with E-state index in [1.54, 1.807) is 0 Å². The first-order valence-electron chi connectivity index (χ1n) is 8.56. The van der Waals surface area contributed by atoms with Crippen LogP contribution in [-0.2, 0) is 0 Å². The molecule has 0 aliphatic carbocycles. The van der Waals surface area contributed by atoms with Gasteiger partial charge in [0.2, 0.25) is 0 Å². The van der Waals surface area contributed by atoms with Gasteiger partial charge in [0.25, 0.3) is 0 Å². The molecule has 0 aromatic rings. The van der Waals surface area contributed by atoms with Gasteiger partial charge in [-0.25, -0.2) is 0 Å². The fourth-order valence-electron chi connectivity index (χ4n) is 1.97. The van der Waals surface area contributed by atoms with Gasteiger partial charge in [0.1, 0.15) is 0 Å². The number of hydrogen-bond donors (Lipinski definition) is 0. The zero-order valence-electron chi connectivity index (χ0n) is 13.7. The van der Waals surface area contributed by atoms with Crippen molar-refractivity contribution >= 4 is 0 Å². The minimum absolute atomic E-state index is 0.393. The molecule has 0 bridgehead atoms. The third-order valence-electron chi connectivity index (χ3n) is 3.03. The Labute approximate surface area is 102 Å². The Kier molecular flexibility index (Phi) is 9.49. The highest BCUT2D eigenvalue weighted by Gasteiger charge is 1.92. The summed E-state index contributed by atoms with van der Waals surface area (Å²) in [4.78, 5) is 0. The third-order valence-corrected chi connectivity index (χ3v) is 3.03. The Hall–Kier alpha value is 0. The van der Waals surface area contributed by atoms with E-state index in [1.807, 2.05) is 0 Å². The monoisotopic (exact) mass is 215 g/mol. The summed E-state index contributed by atoms with van der Waals surface area (Å²) < 4.78 is 21.3. The maximum absolute atomic E-state index is 7.11. The molecule has 0 amide bonds. The average molecular weight is 215 g/mol. The van der Waals surface area contributed by atoms with Crippen molar-refractivity contribution in [1.82, 2.24) is 0 Å². The second kappa shape index (κ2) is 14.0.